The summed E-state index contributed by atoms with van der Waals surface area (Å²) in [6.45, 7) is 0. The van der Waals surface area contributed by atoms with Gasteiger partial charge in [-0.25, -0.2) is 0 Å². The molecule has 0 saturated heterocycles. The number of nitrogens with one attached hydrogen (secondary N) is 1. The van der Waals surface area contributed by atoms with Crippen LogP contribution in [-0.4, -0.2) is 4.98 Å². The van der Waals surface area contributed by atoms with Crippen molar-refractivity contribution in [2.24, 2.45) is 0 Å². The van der Waals surface area contributed by atoms with Crippen LogP contribution < -0.4 is 24.8 Å². The minimum Gasteiger partial charge on any atom is -1.00 e. The Hall–Kier alpha value is -0.557. The molecule has 4 rings (SSSR count). The van der Waals surface area contributed by atoms with E-state index in [9.17, 15) is 0 Å². The normalized spacial score (nSPS) is 10.7. The third kappa shape index (κ3) is 2.42. The summed E-state index contributed by atoms with van der Waals surface area (Å²) >= 11 is 0. The minimum atomic E-state index is 0. The summed E-state index contributed by atoms with van der Waals surface area (Å²) in [5, 5.41) is 1.35. The molecule has 0 saturated carbocycles. The number of para-hydroxylation sites is 1. The standard InChI is InChI=1S/C15H10N.2ClH.Zr/c1-2-6-11-10(5-1)9-13-12-7-3-4-8-14(12)16-15(11)13;;;/h1-4,6-8,16H,9H2;2*1H;/q-1;;;+3/p-2. The number of benzene rings is 2. The molecule has 0 bridgehead atoms. The molecule has 0 spiro atoms. The van der Waals surface area contributed by atoms with Gasteiger partial charge in [0.25, 0.3) is 0 Å². The zero-order valence-corrected chi connectivity index (χ0v) is 14.0. The van der Waals surface area contributed by atoms with Crippen molar-refractivity contribution in [3.63, 3.8) is 0 Å². The van der Waals surface area contributed by atoms with Crippen LogP contribution in [0.2, 0.25) is 0 Å². The van der Waals surface area contributed by atoms with Gasteiger partial charge in [0.05, 0.1) is 0 Å². The zero-order valence-electron chi connectivity index (χ0n) is 10.0. The largest absolute Gasteiger partial charge is 3.00 e. The smallest absolute Gasteiger partial charge is 1.00 e. The topological polar surface area (TPSA) is 15.8 Å². The molecule has 93 valence electrons. The van der Waals surface area contributed by atoms with Crippen LogP contribution in [0.4, 0.5) is 0 Å². The van der Waals surface area contributed by atoms with Crippen LogP contribution in [0.15, 0.2) is 42.5 Å². The summed E-state index contributed by atoms with van der Waals surface area (Å²) in [7, 11) is 0. The van der Waals surface area contributed by atoms with Crippen molar-refractivity contribution in [2.75, 3.05) is 0 Å². The average Bonchev–Trinajstić information content (AvgIpc) is 2.85. The fourth-order valence-corrected chi connectivity index (χ4v) is 2.64. The van der Waals surface area contributed by atoms with E-state index in [1.165, 1.54) is 33.3 Å². The van der Waals surface area contributed by atoms with Crippen LogP contribution in [-0.2, 0) is 32.6 Å². The Morgan fingerprint density at radius 2 is 1.79 bits per heavy atom. The quantitative estimate of drug-likeness (QED) is 0.333. The first-order valence-electron chi connectivity index (χ1n) is 5.53. The van der Waals surface area contributed by atoms with E-state index in [0.717, 1.165) is 6.42 Å². The fourth-order valence-electron chi connectivity index (χ4n) is 2.64. The Morgan fingerprint density at radius 3 is 2.63 bits per heavy atom. The number of hydrogen-bond acceptors (Lipinski definition) is 0. The molecular formula is C15H10Cl2NZr. The molecule has 1 heterocycles. The zero-order chi connectivity index (χ0) is 10.5. The van der Waals surface area contributed by atoms with Gasteiger partial charge in [0.15, 0.2) is 0 Å². The van der Waals surface area contributed by atoms with Crippen LogP contribution >= 0.6 is 0 Å². The van der Waals surface area contributed by atoms with E-state index in [-0.39, 0.29) is 51.0 Å². The van der Waals surface area contributed by atoms with E-state index >= 15 is 0 Å². The van der Waals surface area contributed by atoms with E-state index in [1.807, 2.05) is 6.07 Å². The summed E-state index contributed by atoms with van der Waals surface area (Å²) in [6, 6.07) is 18.1. The molecule has 4 heteroatoms. The van der Waals surface area contributed by atoms with Crippen LogP contribution in [0.25, 0.3) is 22.2 Å². The maximum Gasteiger partial charge on any atom is 3.00 e. The first-order chi connectivity index (χ1) is 7.93. The molecular weight excluding hydrogens is 356 g/mol. The molecule has 0 amide bonds. The Morgan fingerprint density at radius 1 is 1.00 bits per heavy atom. The number of rotatable bonds is 0. The third-order valence-corrected chi connectivity index (χ3v) is 3.38. The summed E-state index contributed by atoms with van der Waals surface area (Å²) in [5.41, 5.74) is 6.58. The van der Waals surface area contributed by atoms with Crippen molar-refractivity contribution in [3.8, 4) is 11.3 Å². The van der Waals surface area contributed by atoms with Gasteiger partial charge in [0.2, 0.25) is 0 Å². The van der Waals surface area contributed by atoms with Crippen LogP contribution in [0.1, 0.15) is 11.1 Å². The SMILES string of the molecule is [Cl-].[Cl-].[Zr+3].[c-]1cccc2c1Cc1c-2[nH]c2ccccc12. The monoisotopic (exact) mass is 364 g/mol. The second-order valence-corrected chi connectivity index (χ2v) is 4.26. The molecule has 0 unspecified atom stereocenters. The summed E-state index contributed by atoms with van der Waals surface area (Å²) in [6.07, 6.45) is 1.01. The van der Waals surface area contributed by atoms with Crippen molar-refractivity contribution in [3.05, 3.63) is 59.7 Å². The molecule has 0 fully saturated rings. The first-order valence-corrected chi connectivity index (χ1v) is 5.53. The van der Waals surface area contributed by atoms with E-state index in [4.69, 9.17) is 0 Å². The van der Waals surface area contributed by atoms with Crippen molar-refractivity contribution >= 4 is 10.9 Å². The molecule has 1 aliphatic rings. The predicted molar refractivity (Wildman–Crippen MR) is 65.4 cm³/mol. The summed E-state index contributed by atoms with van der Waals surface area (Å²) in [5.74, 6) is 0. The second-order valence-electron chi connectivity index (χ2n) is 4.26. The number of hydrogen-bond donors (Lipinski definition) is 1. The van der Waals surface area contributed by atoms with Crippen LogP contribution in [0.3, 0.4) is 0 Å². The molecule has 0 aliphatic heterocycles. The fraction of sp³-hybridized carbons (Fsp3) is 0.0667. The molecule has 0 atom stereocenters. The number of H-pyrrole nitrogens is 1. The van der Waals surface area contributed by atoms with E-state index < -0.39 is 0 Å². The van der Waals surface area contributed by atoms with E-state index in [0.29, 0.717) is 0 Å². The first kappa shape index (κ1) is 16.5. The number of aromatic nitrogens is 1. The maximum absolute atomic E-state index is 3.51. The molecule has 1 nitrogen and oxygen atoms in total. The molecule has 3 aromatic rings. The van der Waals surface area contributed by atoms with E-state index in [1.54, 1.807) is 0 Å². The number of aromatic amines is 1. The van der Waals surface area contributed by atoms with Crippen molar-refractivity contribution in [1.82, 2.24) is 4.98 Å². The molecule has 19 heavy (non-hydrogen) atoms. The summed E-state index contributed by atoms with van der Waals surface area (Å²) in [4.78, 5) is 3.51. The van der Waals surface area contributed by atoms with Crippen molar-refractivity contribution in [1.29, 1.82) is 0 Å². The minimum absolute atomic E-state index is 0. The number of halogens is 2. The maximum atomic E-state index is 3.51. The average molecular weight is 366 g/mol. The molecule has 2 aromatic carbocycles. The van der Waals surface area contributed by atoms with Gasteiger partial charge in [-0.05, 0) is 23.7 Å². The summed E-state index contributed by atoms with van der Waals surface area (Å²) < 4.78 is 0. The third-order valence-electron chi connectivity index (χ3n) is 3.38. The molecule has 1 N–H and O–H groups in total. The Labute approximate surface area is 143 Å². The van der Waals surface area contributed by atoms with Crippen LogP contribution in [0.5, 0.6) is 0 Å². The van der Waals surface area contributed by atoms with Gasteiger partial charge in [-0.2, -0.15) is 24.3 Å². The molecule has 1 radical (unpaired) electrons. The van der Waals surface area contributed by atoms with Gasteiger partial charge >= 0.3 is 26.2 Å². The van der Waals surface area contributed by atoms with Gasteiger partial charge in [-0.15, -0.1) is 11.1 Å². The second kappa shape index (κ2) is 6.26. The number of fused-ring (bicyclic) bond motifs is 5. The van der Waals surface area contributed by atoms with Crippen molar-refractivity contribution < 1.29 is 51.0 Å². The van der Waals surface area contributed by atoms with Crippen LogP contribution in [0, 0.1) is 6.07 Å². The van der Waals surface area contributed by atoms with Gasteiger partial charge in [-0.1, -0.05) is 18.2 Å². The predicted octanol–water partition coefficient (Wildman–Crippen LogP) is -2.46. The Kier molecular flexibility index (Phi) is 5.44. The van der Waals surface area contributed by atoms with Crippen molar-refractivity contribution in [2.45, 2.75) is 6.42 Å². The van der Waals surface area contributed by atoms with Gasteiger partial charge in [0.1, 0.15) is 0 Å². The van der Waals surface area contributed by atoms with Gasteiger partial charge < -0.3 is 29.8 Å². The molecule has 1 aliphatic carbocycles. The van der Waals surface area contributed by atoms with Gasteiger partial charge in [0, 0.05) is 10.9 Å². The van der Waals surface area contributed by atoms with Gasteiger partial charge in [-0.3, -0.25) is 0 Å². The molecule has 1 aromatic heterocycles. The Bertz CT molecular complexity index is 706. The Balaban J connectivity index is 0.000000602. The van der Waals surface area contributed by atoms with E-state index in [2.05, 4.69) is 47.4 Å².